The highest BCUT2D eigenvalue weighted by Gasteiger charge is 2.33. The summed E-state index contributed by atoms with van der Waals surface area (Å²) < 4.78 is 38.6. The molecule has 0 aliphatic heterocycles. The van der Waals surface area contributed by atoms with Crippen LogP contribution >= 0.6 is 11.6 Å². The molecular formula is C5H4ClF3N4O. The monoisotopic (exact) mass is 228 g/mol. The number of hydrogen-bond donors (Lipinski definition) is 1. The van der Waals surface area contributed by atoms with Gasteiger partial charge in [-0.1, -0.05) is 0 Å². The van der Waals surface area contributed by atoms with E-state index in [0.717, 1.165) is 0 Å². The van der Waals surface area contributed by atoms with Crippen LogP contribution in [0.2, 0.25) is 5.28 Å². The average Bonchev–Trinajstić information content (AvgIpc) is 1.99. The van der Waals surface area contributed by atoms with E-state index in [1.807, 2.05) is 0 Å². The molecule has 0 radical (unpaired) electrons. The van der Waals surface area contributed by atoms with E-state index in [0.29, 0.717) is 0 Å². The SMILES string of the molecule is CNc1nc(Cl)nc(OC(F)(F)F)n1. The van der Waals surface area contributed by atoms with Crippen LogP contribution < -0.4 is 10.1 Å². The van der Waals surface area contributed by atoms with Crippen LogP contribution in [0.15, 0.2) is 0 Å². The van der Waals surface area contributed by atoms with Crippen LogP contribution in [0.5, 0.6) is 6.01 Å². The van der Waals surface area contributed by atoms with E-state index < -0.39 is 12.4 Å². The Kier molecular flexibility index (Phi) is 2.94. The van der Waals surface area contributed by atoms with Crippen molar-refractivity contribution in [3.8, 4) is 6.01 Å². The molecule has 0 saturated heterocycles. The van der Waals surface area contributed by atoms with Crippen molar-refractivity contribution in [1.82, 2.24) is 15.0 Å². The van der Waals surface area contributed by atoms with Crippen LogP contribution in [0.3, 0.4) is 0 Å². The third kappa shape index (κ3) is 3.21. The molecule has 0 unspecified atom stereocenters. The Labute approximate surface area is 81.3 Å². The largest absolute Gasteiger partial charge is 0.575 e. The van der Waals surface area contributed by atoms with E-state index >= 15 is 0 Å². The molecule has 5 nitrogen and oxygen atoms in total. The molecule has 1 heterocycles. The fourth-order valence-electron chi connectivity index (χ4n) is 0.593. The summed E-state index contributed by atoms with van der Waals surface area (Å²) in [7, 11) is 1.42. The van der Waals surface area contributed by atoms with Gasteiger partial charge in [0.15, 0.2) is 0 Å². The minimum atomic E-state index is -4.85. The van der Waals surface area contributed by atoms with E-state index in [1.54, 1.807) is 0 Å². The molecule has 0 aliphatic carbocycles. The number of aromatic nitrogens is 3. The first-order valence-electron chi connectivity index (χ1n) is 3.26. The predicted molar refractivity (Wildman–Crippen MR) is 41.1 cm³/mol. The van der Waals surface area contributed by atoms with Gasteiger partial charge in [-0.05, 0) is 11.6 Å². The third-order valence-electron chi connectivity index (χ3n) is 1.02. The molecule has 0 bridgehead atoms. The van der Waals surface area contributed by atoms with Crippen LogP contribution in [0, 0.1) is 0 Å². The lowest BCUT2D eigenvalue weighted by atomic mass is 10.9. The molecule has 1 aromatic heterocycles. The van der Waals surface area contributed by atoms with E-state index in [2.05, 4.69) is 25.0 Å². The number of ether oxygens (including phenoxy) is 1. The van der Waals surface area contributed by atoms with Crippen LogP contribution in [-0.2, 0) is 0 Å². The molecule has 0 saturated carbocycles. The van der Waals surface area contributed by atoms with Gasteiger partial charge in [0.05, 0.1) is 0 Å². The molecule has 0 spiro atoms. The van der Waals surface area contributed by atoms with E-state index in [9.17, 15) is 13.2 Å². The Hall–Kier alpha value is -1.31. The second kappa shape index (κ2) is 3.82. The Balaban J connectivity index is 2.92. The van der Waals surface area contributed by atoms with Crippen molar-refractivity contribution in [1.29, 1.82) is 0 Å². The standard InChI is InChI=1S/C5H4ClF3N4O/c1-10-3-11-2(6)12-4(13-3)14-5(7,8)9/h1H3,(H,10,11,12,13). The van der Waals surface area contributed by atoms with E-state index in [-0.39, 0.29) is 11.2 Å². The quantitative estimate of drug-likeness (QED) is 0.831. The van der Waals surface area contributed by atoms with Gasteiger partial charge in [0.1, 0.15) is 0 Å². The molecule has 9 heteroatoms. The number of nitrogens with zero attached hydrogens (tertiary/aromatic N) is 3. The predicted octanol–water partition coefficient (Wildman–Crippen LogP) is 1.47. The zero-order chi connectivity index (χ0) is 10.8. The topological polar surface area (TPSA) is 59.9 Å². The zero-order valence-corrected chi connectivity index (χ0v) is 7.52. The number of anilines is 1. The first-order chi connectivity index (χ1) is 6.40. The van der Waals surface area contributed by atoms with Gasteiger partial charge >= 0.3 is 12.4 Å². The molecule has 0 atom stereocenters. The van der Waals surface area contributed by atoms with Gasteiger partial charge in [-0.3, -0.25) is 0 Å². The van der Waals surface area contributed by atoms with Crippen molar-refractivity contribution in [3.63, 3.8) is 0 Å². The maximum atomic E-state index is 11.7. The zero-order valence-electron chi connectivity index (χ0n) is 6.76. The number of nitrogens with one attached hydrogen (secondary N) is 1. The lowest BCUT2D eigenvalue weighted by Crippen LogP contribution is -2.19. The average molecular weight is 229 g/mol. The Morgan fingerprint density at radius 2 is 1.93 bits per heavy atom. The molecule has 0 fully saturated rings. The van der Waals surface area contributed by atoms with E-state index in [1.165, 1.54) is 7.05 Å². The summed E-state index contributed by atoms with van der Waals surface area (Å²) in [5, 5.41) is 2.01. The van der Waals surface area contributed by atoms with Crippen LogP contribution in [0.25, 0.3) is 0 Å². The van der Waals surface area contributed by atoms with Gasteiger partial charge in [-0.2, -0.15) is 15.0 Å². The summed E-state index contributed by atoms with van der Waals surface area (Å²) >= 11 is 5.31. The van der Waals surface area contributed by atoms with Gasteiger partial charge in [-0.25, -0.2) is 0 Å². The van der Waals surface area contributed by atoms with Crippen LogP contribution in [-0.4, -0.2) is 28.4 Å². The number of hydrogen-bond acceptors (Lipinski definition) is 5. The van der Waals surface area contributed by atoms with Crippen molar-refractivity contribution < 1.29 is 17.9 Å². The Bertz CT molecular complexity index is 331. The molecule has 0 aromatic carbocycles. The molecule has 14 heavy (non-hydrogen) atoms. The number of alkyl halides is 3. The molecule has 1 N–H and O–H groups in total. The Morgan fingerprint density at radius 1 is 1.29 bits per heavy atom. The molecule has 0 aliphatic rings. The minimum Gasteiger partial charge on any atom is -0.370 e. The van der Waals surface area contributed by atoms with Crippen LogP contribution in [0.4, 0.5) is 19.1 Å². The fraction of sp³-hybridized carbons (Fsp3) is 0.400. The summed E-state index contributed by atoms with van der Waals surface area (Å²) in [6.45, 7) is 0. The summed E-state index contributed by atoms with van der Waals surface area (Å²) in [6, 6.07) is -0.901. The highest BCUT2D eigenvalue weighted by Crippen LogP contribution is 2.20. The van der Waals surface area contributed by atoms with Gasteiger partial charge in [0.2, 0.25) is 11.2 Å². The van der Waals surface area contributed by atoms with Gasteiger partial charge in [-0.15, -0.1) is 13.2 Å². The van der Waals surface area contributed by atoms with Gasteiger partial charge in [0, 0.05) is 7.05 Å². The number of halogens is 4. The van der Waals surface area contributed by atoms with Crippen molar-refractivity contribution in [2.75, 3.05) is 12.4 Å². The van der Waals surface area contributed by atoms with Crippen molar-refractivity contribution in [2.45, 2.75) is 6.36 Å². The molecular weight excluding hydrogens is 225 g/mol. The molecule has 78 valence electrons. The maximum absolute atomic E-state index is 11.7. The third-order valence-corrected chi connectivity index (χ3v) is 1.19. The van der Waals surface area contributed by atoms with E-state index in [4.69, 9.17) is 11.6 Å². The van der Waals surface area contributed by atoms with Gasteiger partial charge < -0.3 is 10.1 Å². The number of rotatable bonds is 2. The van der Waals surface area contributed by atoms with Crippen molar-refractivity contribution in [2.24, 2.45) is 0 Å². The van der Waals surface area contributed by atoms with Crippen LogP contribution in [0.1, 0.15) is 0 Å². The summed E-state index contributed by atoms with van der Waals surface area (Å²) in [6.07, 6.45) is -4.85. The Morgan fingerprint density at radius 3 is 2.43 bits per heavy atom. The smallest absolute Gasteiger partial charge is 0.370 e. The minimum absolute atomic E-state index is 0.107. The highest BCUT2D eigenvalue weighted by atomic mass is 35.5. The normalized spacial score (nSPS) is 11.2. The lowest BCUT2D eigenvalue weighted by Gasteiger charge is -2.07. The van der Waals surface area contributed by atoms with Gasteiger partial charge in [0.25, 0.3) is 0 Å². The molecule has 0 amide bonds. The first-order valence-corrected chi connectivity index (χ1v) is 3.63. The second-order valence-electron chi connectivity index (χ2n) is 2.01. The highest BCUT2D eigenvalue weighted by molar-refractivity contribution is 6.28. The summed E-state index contributed by atoms with van der Waals surface area (Å²) in [5.74, 6) is -0.107. The lowest BCUT2D eigenvalue weighted by molar-refractivity contribution is -0.277. The first kappa shape index (κ1) is 10.8. The molecule has 1 rings (SSSR count). The molecule has 1 aromatic rings. The van der Waals surface area contributed by atoms with Crippen molar-refractivity contribution in [3.05, 3.63) is 5.28 Å². The summed E-state index contributed by atoms with van der Waals surface area (Å²) in [5.41, 5.74) is 0. The summed E-state index contributed by atoms with van der Waals surface area (Å²) in [4.78, 5) is 9.87. The maximum Gasteiger partial charge on any atom is 0.575 e. The van der Waals surface area contributed by atoms with Crippen molar-refractivity contribution >= 4 is 17.5 Å². The second-order valence-corrected chi connectivity index (χ2v) is 2.35. The fourth-order valence-corrected chi connectivity index (χ4v) is 0.745.